The topological polar surface area (TPSA) is 46.3 Å². The quantitative estimate of drug-likeness (QED) is 0.626. The van der Waals surface area contributed by atoms with Gasteiger partial charge in [-0.15, -0.1) is 0 Å². The Labute approximate surface area is 73.9 Å². The van der Waals surface area contributed by atoms with Gasteiger partial charge in [0.1, 0.15) is 0 Å². The molecule has 0 aromatic heterocycles. The van der Waals surface area contributed by atoms with E-state index in [9.17, 15) is 4.79 Å². The third-order valence-electron chi connectivity index (χ3n) is 2.76. The molecule has 0 spiro atoms. The summed E-state index contributed by atoms with van der Waals surface area (Å²) in [5.74, 6) is 0.683. The average molecular weight is 170 g/mol. The molecule has 0 aliphatic carbocycles. The molecular weight excluding hydrogens is 152 g/mol. The first kappa shape index (κ1) is 9.52. The van der Waals surface area contributed by atoms with Crippen molar-refractivity contribution in [1.29, 1.82) is 0 Å². The smallest absolute Gasteiger partial charge is 0.219 e. The number of amides is 1. The molecule has 0 radical (unpaired) electrons. The van der Waals surface area contributed by atoms with E-state index in [4.69, 9.17) is 5.73 Å². The summed E-state index contributed by atoms with van der Waals surface area (Å²) in [5, 5.41) is 0. The molecule has 1 rings (SSSR count). The molecular formula is C9H18N2O. The van der Waals surface area contributed by atoms with Gasteiger partial charge in [0.2, 0.25) is 5.91 Å². The zero-order valence-corrected chi connectivity index (χ0v) is 7.92. The first-order valence-electron chi connectivity index (χ1n) is 4.66. The molecule has 0 saturated carbocycles. The SMILES string of the molecule is CC[C@@H]1CN(C(C)=O)CC[C@H]1N. The fourth-order valence-electron chi connectivity index (χ4n) is 1.77. The number of hydrogen-bond acceptors (Lipinski definition) is 2. The van der Waals surface area contributed by atoms with Gasteiger partial charge in [0.15, 0.2) is 0 Å². The Kier molecular flexibility index (Phi) is 3.09. The molecule has 1 amide bonds. The van der Waals surface area contributed by atoms with Crippen LogP contribution in [0.25, 0.3) is 0 Å². The number of carbonyl (C=O) groups is 1. The fraction of sp³-hybridized carbons (Fsp3) is 0.889. The molecule has 1 aliphatic heterocycles. The maximum absolute atomic E-state index is 11.1. The van der Waals surface area contributed by atoms with Gasteiger partial charge in [0.25, 0.3) is 0 Å². The van der Waals surface area contributed by atoms with Crippen LogP contribution in [0.2, 0.25) is 0 Å². The van der Waals surface area contributed by atoms with Crippen molar-refractivity contribution >= 4 is 5.91 Å². The summed E-state index contributed by atoms with van der Waals surface area (Å²) in [6, 6.07) is 0.297. The van der Waals surface area contributed by atoms with Crippen LogP contribution in [0.3, 0.4) is 0 Å². The Hall–Kier alpha value is -0.570. The molecule has 2 atom stereocenters. The van der Waals surface area contributed by atoms with E-state index in [-0.39, 0.29) is 5.91 Å². The Morgan fingerprint density at radius 3 is 2.83 bits per heavy atom. The minimum atomic E-state index is 0.181. The number of nitrogens with zero attached hydrogens (tertiary/aromatic N) is 1. The van der Waals surface area contributed by atoms with Gasteiger partial charge in [0, 0.05) is 26.1 Å². The Bertz CT molecular complexity index is 170. The zero-order chi connectivity index (χ0) is 9.14. The van der Waals surface area contributed by atoms with E-state index in [1.54, 1.807) is 6.92 Å². The predicted molar refractivity (Wildman–Crippen MR) is 48.6 cm³/mol. The molecule has 0 aromatic carbocycles. The summed E-state index contributed by atoms with van der Waals surface area (Å²) in [6.45, 7) is 5.46. The molecule has 1 saturated heterocycles. The summed E-state index contributed by atoms with van der Waals surface area (Å²) in [5.41, 5.74) is 5.91. The fourth-order valence-corrected chi connectivity index (χ4v) is 1.77. The van der Waals surface area contributed by atoms with E-state index < -0.39 is 0 Å². The highest BCUT2D eigenvalue weighted by Crippen LogP contribution is 2.18. The Balaban J connectivity index is 2.49. The van der Waals surface area contributed by atoms with Crippen molar-refractivity contribution in [3.63, 3.8) is 0 Å². The van der Waals surface area contributed by atoms with E-state index in [2.05, 4.69) is 6.92 Å². The highest BCUT2D eigenvalue weighted by atomic mass is 16.2. The summed E-state index contributed by atoms with van der Waals surface area (Å²) in [7, 11) is 0. The molecule has 1 fully saturated rings. The minimum Gasteiger partial charge on any atom is -0.343 e. The van der Waals surface area contributed by atoms with Crippen molar-refractivity contribution in [3.05, 3.63) is 0 Å². The lowest BCUT2D eigenvalue weighted by atomic mass is 9.91. The lowest BCUT2D eigenvalue weighted by Gasteiger charge is -2.35. The van der Waals surface area contributed by atoms with Crippen LogP contribution in [0.15, 0.2) is 0 Å². The molecule has 0 unspecified atom stereocenters. The van der Waals surface area contributed by atoms with Crippen molar-refractivity contribution in [2.75, 3.05) is 13.1 Å². The number of hydrogen-bond donors (Lipinski definition) is 1. The van der Waals surface area contributed by atoms with E-state index >= 15 is 0 Å². The highest BCUT2D eigenvalue weighted by molar-refractivity contribution is 5.73. The van der Waals surface area contributed by atoms with Crippen LogP contribution in [-0.4, -0.2) is 29.9 Å². The normalized spacial score (nSPS) is 30.4. The molecule has 3 heteroatoms. The molecule has 12 heavy (non-hydrogen) atoms. The lowest BCUT2D eigenvalue weighted by Crippen LogP contribution is -2.48. The second-order valence-electron chi connectivity index (χ2n) is 3.59. The summed E-state index contributed by atoms with van der Waals surface area (Å²) < 4.78 is 0. The van der Waals surface area contributed by atoms with Gasteiger partial charge < -0.3 is 10.6 Å². The van der Waals surface area contributed by atoms with Gasteiger partial charge in [-0.1, -0.05) is 13.3 Å². The van der Waals surface area contributed by atoms with Gasteiger partial charge in [-0.05, 0) is 12.3 Å². The van der Waals surface area contributed by atoms with Crippen LogP contribution >= 0.6 is 0 Å². The third kappa shape index (κ3) is 1.97. The van der Waals surface area contributed by atoms with E-state index in [0.29, 0.717) is 12.0 Å². The van der Waals surface area contributed by atoms with Gasteiger partial charge in [0.05, 0.1) is 0 Å². The molecule has 0 bridgehead atoms. The largest absolute Gasteiger partial charge is 0.343 e. The molecule has 1 heterocycles. The minimum absolute atomic E-state index is 0.181. The van der Waals surface area contributed by atoms with Crippen LogP contribution in [0.4, 0.5) is 0 Å². The van der Waals surface area contributed by atoms with Crippen LogP contribution in [0.5, 0.6) is 0 Å². The molecule has 1 aliphatic rings. The predicted octanol–water partition coefficient (Wildman–Crippen LogP) is 0.592. The van der Waals surface area contributed by atoms with Gasteiger partial charge >= 0.3 is 0 Å². The molecule has 70 valence electrons. The third-order valence-corrected chi connectivity index (χ3v) is 2.76. The van der Waals surface area contributed by atoms with E-state index in [1.165, 1.54) is 0 Å². The van der Waals surface area contributed by atoms with Crippen molar-refractivity contribution in [1.82, 2.24) is 4.90 Å². The Morgan fingerprint density at radius 1 is 1.67 bits per heavy atom. The van der Waals surface area contributed by atoms with Gasteiger partial charge in [-0.25, -0.2) is 0 Å². The van der Waals surface area contributed by atoms with E-state index in [1.807, 2.05) is 4.90 Å². The number of likely N-dealkylation sites (tertiary alicyclic amines) is 1. The van der Waals surface area contributed by atoms with Crippen LogP contribution in [0, 0.1) is 5.92 Å². The molecule has 2 N–H and O–H groups in total. The van der Waals surface area contributed by atoms with Crippen molar-refractivity contribution in [2.24, 2.45) is 11.7 Å². The molecule has 3 nitrogen and oxygen atoms in total. The second kappa shape index (κ2) is 3.90. The van der Waals surface area contributed by atoms with Crippen LogP contribution < -0.4 is 5.73 Å². The highest BCUT2D eigenvalue weighted by Gasteiger charge is 2.26. The summed E-state index contributed by atoms with van der Waals surface area (Å²) >= 11 is 0. The van der Waals surface area contributed by atoms with Crippen LogP contribution in [0.1, 0.15) is 26.7 Å². The van der Waals surface area contributed by atoms with Gasteiger partial charge in [-0.2, -0.15) is 0 Å². The van der Waals surface area contributed by atoms with Crippen molar-refractivity contribution in [3.8, 4) is 0 Å². The lowest BCUT2D eigenvalue weighted by molar-refractivity contribution is -0.130. The first-order chi connectivity index (χ1) is 5.65. The standard InChI is InChI=1S/C9H18N2O/c1-3-8-6-11(7(2)12)5-4-9(8)10/h8-9H,3-6,10H2,1-2H3/t8-,9-/m1/s1. The van der Waals surface area contributed by atoms with Gasteiger partial charge in [-0.3, -0.25) is 4.79 Å². The summed E-state index contributed by atoms with van der Waals surface area (Å²) in [4.78, 5) is 13.0. The zero-order valence-electron chi connectivity index (χ0n) is 7.92. The van der Waals surface area contributed by atoms with Crippen LogP contribution in [-0.2, 0) is 4.79 Å². The maximum Gasteiger partial charge on any atom is 0.219 e. The number of rotatable bonds is 1. The average Bonchev–Trinajstić information content (AvgIpc) is 2.05. The Morgan fingerprint density at radius 2 is 2.33 bits per heavy atom. The number of nitrogens with two attached hydrogens (primary N) is 1. The van der Waals surface area contributed by atoms with Crippen molar-refractivity contribution in [2.45, 2.75) is 32.7 Å². The first-order valence-corrected chi connectivity index (χ1v) is 4.66. The summed E-state index contributed by atoms with van der Waals surface area (Å²) in [6.07, 6.45) is 2.03. The monoisotopic (exact) mass is 170 g/mol. The maximum atomic E-state index is 11.1. The second-order valence-corrected chi connectivity index (χ2v) is 3.59. The molecule has 0 aromatic rings. The number of carbonyl (C=O) groups excluding carboxylic acids is 1. The number of piperidine rings is 1. The van der Waals surface area contributed by atoms with E-state index in [0.717, 1.165) is 25.9 Å². The van der Waals surface area contributed by atoms with Crippen molar-refractivity contribution < 1.29 is 4.79 Å².